The number of aliphatic hydroxyl groups excluding tert-OH is 1. The Morgan fingerprint density at radius 2 is 2.11 bits per heavy atom. The van der Waals surface area contributed by atoms with Gasteiger partial charge in [0.2, 0.25) is 0 Å². The number of amides is 2. The summed E-state index contributed by atoms with van der Waals surface area (Å²) in [7, 11) is 0. The lowest BCUT2D eigenvalue weighted by Gasteiger charge is -2.31. The summed E-state index contributed by atoms with van der Waals surface area (Å²) in [6, 6.07) is -0.689. The second kappa shape index (κ2) is 5.36. The van der Waals surface area contributed by atoms with Crippen molar-refractivity contribution in [2.75, 3.05) is 13.2 Å². The number of rotatable bonds is 3. The van der Waals surface area contributed by atoms with Crippen molar-refractivity contribution in [3.8, 4) is 0 Å². The normalized spacial score (nSPS) is 34.5. The van der Waals surface area contributed by atoms with Crippen LogP contribution in [0.5, 0.6) is 0 Å². The molecule has 6 heteroatoms. The van der Waals surface area contributed by atoms with E-state index < -0.39 is 11.4 Å². The van der Waals surface area contributed by atoms with Crippen molar-refractivity contribution in [1.82, 2.24) is 10.2 Å². The predicted molar refractivity (Wildman–Crippen MR) is 68.7 cm³/mol. The third kappa shape index (κ3) is 2.54. The number of aliphatic hydroxyl groups is 1. The highest BCUT2D eigenvalue weighted by Crippen LogP contribution is 2.38. The Morgan fingerprint density at radius 3 is 2.74 bits per heavy atom. The lowest BCUT2D eigenvalue weighted by atomic mass is 9.85. The number of hydrogen-bond acceptors (Lipinski definition) is 3. The molecular weight excluding hydrogens is 248 g/mol. The number of carboxylic acid groups (broad SMARTS) is 1. The third-order valence-corrected chi connectivity index (χ3v) is 4.59. The maximum absolute atomic E-state index is 12.2. The molecule has 2 rings (SSSR count). The monoisotopic (exact) mass is 270 g/mol. The van der Waals surface area contributed by atoms with Gasteiger partial charge in [0, 0.05) is 12.6 Å². The minimum atomic E-state index is -0.871. The van der Waals surface area contributed by atoms with Gasteiger partial charge in [0.25, 0.3) is 0 Å². The molecule has 3 unspecified atom stereocenters. The molecule has 0 bridgehead atoms. The molecule has 19 heavy (non-hydrogen) atoms. The van der Waals surface area contributed by atoms with E-state index in [4.69, 9.17) is 0 Å². The van der Waals surface area contributed by atoms with Crippen LogP contribution in [-0.2, 0) is 4.79 Å². The first-order valence-electron chi connectivity index (χ1n) is 6.90. The summed E-state index contributed by atoms with van der Waals surface area (Å²) in [5.74, 6) is -0.851. The van der Waals surface area contributed by atoms with E-state index in [1.165, 1.54) is 0 Å². The van der Waals surface area contributed by atoms with Crippen LogP contribution in [0.25, 0.3) is 0 Å². The predicted octanol–water partition coefficient (Wildman–Crippen LogP) is 0.796. The number of carbonyl (C=O) groups is 2. The molecule has 0 aromatic heterocycles. The highest BCUT2D eigenvalue weighted by Gasteiger charge is 2.46. The smallest absolute Gasteiger partial charge is 0.317 e. The molecule has 0 aromatic carbocycles. The van der Waals surface area contributed by atoms with E-state index in [1.807, 2.05) is 0 Å². The standard InChI is InChI=1S/C13H22N2O4/c1-13(11(17)18)6-2-5-10(13)14-12(19)15-7-3-4-9(15)8-16/h9-10,16H,2-8H2,1H3,(H,14,19)(H,17,18). The summed E-state index contributed by atoms with van der Waals surface area (Å²) >= 11 is 0. The molecule has 6 nitrogen and oxygen atoms in total. The number of nitrogens with zero attached hydrogens (tertiary/aromatic N) is 1. The average molecular weight is 270 g/mol. The number of hydrogen-bond donors (Lipinski definition) is 3. The van der Waals surface area contributed by atoms with Gasteiger partial charge >= 0.3 is 12.0 Å². The van der Waals surface area contributed by atoms with Crippen molar-refractivity contribution in [1.29, 1.82) is 0 Å². The second-order valence-corrected chi connectivity index (χ2v) is 5.79. The van der Waals surface area contributed by atoms with Gasteiger partial charge in [-0.15, -0.1) is 0 Å². The number of carboxylic acids is 1. The summed E-state index contributed by atoms with van der Waals surface area (Å²) < 4.78 is 0. The van der Waals surface area contributed by atoms with Gasteiger partial charge in [-0.05, 0) is 32.6 Å². The molecule has 108 valence electrons. The Labute approximate surface area is 112 Å². The van der Waals surface area contributed by atoms with Crippen molar-refractivity contribution in [2.45, 2.75) is 51.1 Å². The molecule has 2 fully saturated rings. The van der Waals surface area contributed by atoms with Crippen molar-refractivity contribution in [3.05, 3.63) is 0 Å². The largest absolute Gasteiger partial charge is 0.481 e. The van der Waals surface area contributed by atoms with Crippen LogP contribution in [0, 0.1) is 5.41 Å². The summed E-state index contributed by atoms with van der Waals surface area (Å²) in [4.78, 5) is 25.2. The molecular formula is C13H22N2O4. The van der Waals surface area contributed by atoms with Crippen LogP contribution in [0.2, 0.25) is 0 Å². The van der Waals surface area contributed by atoms with Crippen LogP contribution in [0.1, 0.15) is 39.0 Å². The third-order valence-electron chi connectivity index (χ3n) is 4.59. The topological polar surface area (TPSA) is 89.9 Å². The van der Waals surface area contributed by atoms with Crippen molar-refractivity contribution >= 4 is 12.0 Å². The molecule has 3 atom stereocenters. The Morgan fingerprint density at radius 1 is 1.37 bits per heavy atom. The maximum Gasteiger partial charge on any atom is 0.317 e. The van der Waals surface area contributed by atoms with E-state index >= 15 is 0 Å². The second-order valence-electron chi connectivity index (χ2n) is 5.79. The lowest BCUT2D eigenvalue weighted by molar-refractivity contribution is -0.148. The molecule has 1 aliphatic heterocycles. The fourth-order valence-corrected chi connectivity index (χ4v) is 3.18. The first kappa shape index (κ1) is 14.1. The number of urea groups is 1. The van der Waals surface area contributed by atoms with Crippen LogP contribution in [-0.4, -0.2) is 52.3 Å². The number of likely N-dealkylation sites (tertiary alicyclic amines) is 1. The van der Waals surface area contributed by atoms with Crippen LogP contribution in [0.3, 0.4) is 0 Å². The molecule has 0 aromatic rings. The minimum Gasteiger partial charge on any atom is -0.481 e. The lowest BCUT2D eigenvalue weighted by Crippen LogP contribution is -2.52. The van der Waals surface area contributed by atoms with E-state index in [1.54, 1.807) is 11.8 Å². The number of nitrogens with one attached hydrogen (secondary N) is 1. The first-order chi connectivity index (χ1) is 8.99. The van der Waals surface area contributed by atoms with Gasteiger partial charge in [-0.3, -0.25) is 4.79 Å². The Hall–Kier alpha value is -1.30. The first-order valence-corrected chi connectivity index (χ1v) is 6.90. The summed E-state index contributed by atoms with van der Waals surface area (Å²) in [6.45, 7) is 2.29. The fraction of sp³-hybridized carbons (Fsp3) is 0.846. The Kier molecular flexibility index (Phi) is 3.99. The molecule has 2 amide bonds. The van der Waals surface area contributed by atoms with Gasteiger partial charge in [-0.2, -0.15) is 0 Å². The van der Waals surface area contributed by atoms with E-state index in [-0.39, 0.29) is 24.7 Å². The number of carbonyl (C=O) groups excluding carboxylic acids is 1. The van der Waals surface area contributed by atoms with Gasteiger partial charge < -0.3 is 20.4 Å². The zero-order chi connectivity index (χ0) is 14.0. The van der Waals surface area contributed by atoms with Gasteiger partial charge in [0.05, 0.1) is 18.1 Å². The molecule has 2 aliphatic rings. The van der Waals surface area contributed by atoms with Crippen molar-refractivity contribution in [3.63, 3.8) is 0 Å². The fourth-order valence-electron chi connectivity index (χ4n) is 3.18. The summed E-state index contributed by atoms with van der Waals surface area (Å²) in [5.41, 5.74) is -0.871. The van der Waals surface area contributed by atoms with Gasteiger partial charge in [0.15, 0.2) is 0 Å². The van der Waals surface area contributed by atoms with Crippen LogP contribution in [0.4, 0.5) is 4.79 Å². The quantitative estimate of drug-likeness (QED) is 0.707. The average Bonchev–Trinajstić information content (AvgIpc) is 2.97. The van der Waals surface area contributed by atoms with Gasteiger partial charge in [-0.1, -0.05) is 6.42 Å². The zero-order valence-electron chi connectivity index (χ0n) is 11.3. The number of aliphatic carboxylic acids is 1. The molecule has 3 N–H and O–H groups in total. The van der Waals surface area contributed by atoms with Gasteiger partial charge in [-0.25, -0.2) is 4.79 Å². The SMILES string of the molecule is CC1(C(=O)O)CCCC1NC(=O)N1CCCC1CO. The minimum absolute atomic E-state index is 0.0334. The molecule has 1 heterocycles. The van der Waals surface area contributed by atoms with Crippen molar-refractivity contribution in [2.24, 2.45) is 5.41 Å². The van der Waals surface area contributed by atoms with E-state index in [0.717, 1.165) is 19.3 Å². The molecule has 0 radical (unpaired) electrons. The highest BCUT2D eigenvalue weighted by molar-refractivity contribution is 5.79. The van der Waals surface area contributed by atoms with Crippen LogP contribution >= 0.6 is 0 Å². The molecule has 0 spiro atoms. The molecule has 1 saturated heterocycles. The van der Waals surface area contributed by atoms with Crippen molar-refractivity contribution < 1.29 is 19.8 Å². The summed E-state index contributed by atoms with van der Waals surface area (Å²) in [5, 5.41) is 21.4. The maximum atomic E-state index is 12.2. The molecule has 1 aliphatic carbocycles. The van der Waals surface area contributed by atoms with Gasteiger partial charge in [0.1, 0.15) is 0 Å². The van der Waals surface area contributed by atoms with Crippen LogP contribution < -0.4 is 5.32 Å². The highest BCUT2D eigenvalue weighted by atomic mass is 16.4. The zero-order valence-corrected chi connectivity index (χ0v) is 11.3. The van der Waals surface area contributed by atoms with E-state index in [9.17, 15) is 19.8 Å². The Bertz CT molecular complexity index is 374. The van der Waals surface area contributed by atoms with E-state index in [2.05, 4.69) is 5.32 Å². The van der Waals surface area contributed by atoms with E-state index in [0.29, 0.717) is 19.4 Å². The van der Waals surface area contributed by atoms with Crippen LogP contribution in [0.15, 0.2) is 0 Å². The molecule has 1 saturated carbocycles. The summed E-state index contributed by atoms with van der Waals surface area (Å²) in [6.07, 6.45) is 3.81. The Balaban J connectivity index is 2.00.